The smallest absolute Gasteiger partial charge is 0.234 e. The predicted molar refractivity (Wildman–Crippen MR) is 79.9 cm³/mol. The summed E-state index contributed by atoms with van der Waals surface area (Å²) in [5, 5.41) is 0. The van der Waals surface area contributed by atoms with Crippen molar-refractivity contribution >= 4 is 5.78 Å². The molecule has 3 rings (SSSR count). The molecule has 0 unspecified atom stereocenters. The molecule has 0 aliphatic carbocycles. The van der Waals surface area contributed by atoms with E-state index in [0.29, 0.717) is 0 Å². The van der Waals surface area contributed by atoms with Crippen LogP contribution in [0.4, 0.5) is 0 Å². The molecule has 1 aliphatic rings. The Kier molecular flexibility index (Phi) is 3.72. The van der Waals surface area contributed by atoms with E-state index in [9.17, 15) is 0 Å². The number of likely N-dealkylation sites (N-methyl/N-ethyl adjacent to an activating group) is 1. The lowest BCUT2D eigenvalue weighted by Gasteiger charge is -2.33. The van der Waals surface area contributed by atoms with Crippen LogP contribution in [-0.4, -0.2) is 56.9 Å². The number of aryl methyl sites for hydroxylation is 2. The summed E-state index contributed by atoms with van der Waals surface area (Å²) in [6.07, 6.45) is 2.13. The zero-order valence-electron chi connectivity index (χ0n) is 12.6. The van der Waals surface area contributed by atoms with Crippen molar-refractivity contribution in [2.45, 2.75) is 27.3 Å². The van der Waals surface area contributed by atoms with Crippen molar-refractivity contribution in [3.8, 4) is 0 Å². The number of imidazole rings is 1. The Hall–Kier alpha value is -1.46. The molecule has 20 heavy (non-hydrogen) atoms. The second kappa shape index (κ2) is 5.50. The van der Waals surface area contributed by atoms with Crippen molar-refractivity contribution < 1.29 is 0 Å². The SMILES string of the molecule is CCN1CCN(Cc2cn3c(C)cc(C)nc3n2)CC1. The second-order valence-electron chi connectivity index (χ2n) is 5.65. The standard InChI is InChI=1S/C15H23N5/c1-4-18-5-7-19(8-6-18)10-14-11-20-13(3)9-12(2)16-15(20)17-14/h9,11H,4-8,10H2,1-3H3. The third-order valence-corrected chi connectivity index (χ3v) is 4.11. The number of nitrogens with zero attached hydrogens (tertiary/aromatic N) is 5. The van der Waals surface area contributed by atoms with Crippen LogP contribution in [-0.2, 0) is 6.54 Å². The van der Waals surface area contributed by atoms with E-state index in [0.717, 1.165) is 43.3 Å². The number of piperazine rings is 1. The molecule has 0 saturated carbocycles. The topological polar surface area (TPSA) is 36.7 Å². The Morgan fingerprint density at radius 1 is 1.05 bits per heavy atom. The maximum absolute atomic E-state index is 4.66. The summed E-state index contributed by atoms with van der Waals surface area (Å²) in [7, 11) is 0. The Labute approximate surface area is 120 Å². The lowest BCUT2D eigenvalue weighted by Crippen LogP contribution is -2.45. The lowest BCUT2D eigenvalue weighted by atomic mass is 10.3. The normalized spacial score (nSPS) is 17.9. The highest BCUT2D eigenvalue weighted by atomic mass is 15.3. The lowest BCUT2D eigenvalue weighted by molar-refractivity contribution is 0.131. The highest BCUT2D eigenvalue weighted by molar-refractivity contribution is 5.34. The van der Waals surface area contributed by atoms with Gasteiger partial charge in [-0.15, -0.1) is 0 Å². The average molecular weight is 273 g/mol. The molecule has 2 aromatic heterocycles. The van der Waals surface area contributed by atoms with Gasteiger partial charge in [-0.05, 0) is 26.5 Å². The third kappa shape index (κ3) is 2.69. The van der Waals surface area contributed by atoms with Crippen LogP contribution in [0.1, 0.15) is 24.0 Å². The molecule has 0 spiro atoms. The van der Waals surface area contributed by atoms with Gasteiger partial charge in [-0.25, -0.2) is 9.97 Å². The van der Waals surface area contributed by atoms with Crippen LogP contribution in [0, 0.1) is 13.8 Å². The van der Waals surface area contributed by atoms with Crippen LogP contribution in [0.3, 0.4) is 0 Å². The van der Waals surface area contributed by atoms with Crippen LogP contribution in [0.5, 0.6) is 0 Å². The van der Waals surface area contributed by atoms with E-state index in [4.69, 9.17) is 0 Å². The number of rotatable bonds is 3. The van der Waals surface area contributed by atoms with Crippen molar-refractivity contribution in [2.24, 2.45) is 0 Å². The molecule has 5 heteroatoms. The number of hydrogen-bond donors (Lipinski definition) is 0. The molecule has 108 valence electrons. The third-order valence-electron chi connectivity index (χ3n) is 4.11. The van der Waals surface area contributed by atoms with E-state index in [1.165, 1.54) is 18.8 Å². The van der Waals surface area contributed by atoms with Gasteiger partial charge in [0, 0.05) is 50.3 Å². The van der Waals surface area contributed by atoms with Crippen molar-refractivity contribution in [1.82, 2.24) is 24.2 Å². The van der Waals surface area contributed by atoms with Gasteiger partial charge in [0.25, 0.3) is 0 Å². The molecule has 5 nitrogen and oxygen atoms in total. The number of fused-ring (bicyclic) bond motifs is 1. The zero-order valence-corrected chi connectivity index (χ0v) is 12.6. The van der Waals surface area contributed by atoms with Gasteiger partial charge < -0.3 is 4.90 Å². The molecule has 2 aromatic rings. The summed E-state index contributed by atoms with van der Waals surface area (Å²) in [4.78, 5) is 14.1. The van der Waals surface area contributed by atoms with Crippen molar-refractivity contribution in [1.29, 1.82) is 0 Å². The van der Waals surface area contributed by atoms with Crippen LogP contribution in [0.2, 0.25) is 0 Å². The van der Waals surface area contributed by atoms with Crippen LogP contribution >= 0.6 is 0 Å². The van der Waals surface area contributed by atoms with Crippen LogP contribution in [0.15, 0.2) is 12.3 Å². The minimum Gasteiger partial charge on any atom is -0.301 e. The van der Waals surface area contributed by atoms with E-state index >= 15 is 0 Å². The molecule has 1 fully saturated rings. The summed E-state index contributed by atoms with van der Waals surface area (Å²) in [5.74, 6) is 0.824. The van der Waals surface area contributed by atoms with E-state index in [1.807, 2.05) is 6.92 Å². The van der Waals surface area contributed by atoms with Crippen molar-refractivity contribution in [3.05, 3.63) is 29.3 Å². The molecule has 0 atom stereocenters. The average Bonchev–Trinajstić information content (AvgIpc) is 2.82. The minimum atomic E-state index is 0.824. The Bertz CT molecular complexity index is 596. The van der Waals surface area contributed by atoms with Crippen LogP contribution < -0.4 is 0 Å². The van der Waals surface area contributed by atoms with Crippen molar-refractivity contribution in [3.63, 3.8) is 0 Å². The second-order valence-corrected chi connectivity index (χ2v) is 5.65. The van der Waals surface area contributed by atoms with Gasteiger partial charge >= 0.3 is 0 Å². The fourth-order valence-corrected chi connectivity index (χ4v) is 2.89. The van der Waals surface area contributed by atoms with Gasteiger partial charge in [0.05, 0.1) is 5.69 Å². The fraction of sp³-hybridized carbons (Fsp3) is 0.600. The first kappa shape index (κ1) is 13.5. The molecule has 0 amide bonds. The molecule has 0 aromatic carbocycles. The van der Waals surface area contributed by atoms with E-state index < -0.39 is 0 Å². The largest absolute Gasteiger partial charge is 0.301 e. The van der Waals surface area contributed by atoms with Gasteiger partial charge in [-0.2, -0.15) is 0 Å². The van der Waals surface area contributed by atoms with Gasteiger partial charge in [-0.3, -0.25) is 9.30 Å². The quantitative estimate of drug-likeness (QED) is 0.849. The Morgan fingerprint density at radius 2 is 1.75 bits per heavy atom. The number of hydrogen-bond acceptors (Lipinski definition) is 4. The monoisotopic (exact) mass is 273 g/mol. The maximum Gasteiger partial charge on any atom is 0.234 e. The maximum atomic E-state index is 4.66. The van der Waals surface area contributed by atoms with Gasteiger partial charge in [-0.1, -0.05) is 6.92 Å². The molecule has 1 aliphatic heterocycles. The summed E-state index contributed by atoms with van der Waals surface area (Å²) in [5.41, 5.74) is 3.35. The first-order valence-corrected chi connectivity index (χ1v) is 7.42. The molecule has 1 saturated heterocycles. The summed E-state index contributed by atoms with van der Waals surface area (Å²) in [6, 6.07) is 2.10. The fourth-order valence-electron chi connectivity index (χ4n) is 2.89. The van der Waals surface area contributed by atoms with Gasteiger partial charge in [0.1, 0.15) is 0 Å². The Morgan fingerprint density at radius 3 is 2.45 bits per heavy atom. The first-order valence-electron chi connectivity index (χ1n) is 7.42. The van der Waals surface area contributed by atoms with Crippen molar-refractivity contribution in [2.75, 3.05) is 32.7 Å². The molecule has 0 bridgehead atoms. The molecular weight excluding hydrogens is 250 g/mol. The van der Waals surface area contributed by atoms with Gasteiger partial charge in [0.15, 0.2) is 0 Å². The van der Waals surface area contributed by atoms with Gasteiger partial charge in [0.2, 0.25) is 5.78 Å². The highest BCUT2D eigenvalue weighted by Crippen LogP contribution is 2.11. The highest BCUT2D eigenvalue weighted by Gasteiger charge is 2.17. The summed E-state index contributed by atoms with van der Waals surface area (Å²) < 4.78 is 2.09. The van der Waals surface area contributed by atoms with E-state index in [2.05, 4.69) is 50.3 Å². The Balaban J connectivity index is 1.74. The summed E-state index contributed by atoms with van der Waals surface area (Å²) in [6.45, 7) is 13.0. The predicted octanol–water partition coefficient (Wildman–Crippen LogP) is 1.48. The van der Waals surface area contributed by atoms with E-state index in [1.54, 1.807) is 0 Å². The van der Waals surface area contributed by atoms with E-state index in [-0.39, 0.29) is 0 Å². The molecular formula is C15H23N5. The minimum absolute atomic E-state index is 0.824. The van der Waals surface area contributed by atoms with Crippen LogP contribution in [0.25, 0.3) is 5.78 Å². The molecule has 3 heterocycles. The zero-order chi connectivity index (χ0) is 14.1. The number of aromatic nitrogens is 3. The molecule has 0 N–H and O–H groups in total. The summed E-state index contributed by atoms with van der Waals surface area (Å²) >= 11 is 0. The first-order chi connectivity index (χ1) is 9.65. The molecule has 0 radical (unpaired) electrons.